The lowest BCUT2D eigenvalue weighted by molar-refractivity contribution is 0.629. The SMILES string of the molecule is [C-]#[N+]c1cc(C)cc(C#N)c1F. The minimum atomic E-state index is -0.724. The Hall–Kier alpha value is -1.87. The lowest BCUT2D eigenvalue weighted by Crippen LogP contribution is -1.85. The second kappa shape index (κ2) is 3.02. The summed E-state index contributed by atoms with van der Waals surface area (Å²) in [6.07, 6.45) is 0. The van der Waals surface area contributed by atoms with E-state index >= 15 is 0 Å². The standard InChI is InChI=1S/C9H5FN2/c1-6-3-7(5-11)9(10)8(4-6)12-2/h3-4H,1H3. The van der Waals surface area contributed by atoms with Gasteiger partial charge in [-0.05, 0) is 13.0 Å². The molecule has 0 saturated carbocycles. The molecule has 0 aromatic heterocycles. The van der Waals surface area contributed by atoms with Gasteiger partial charge in [0.25, 0.3) is 0 Å². The summed E-state index contributed by atoms with van der Waals surface area (Å²) in [4.78, 5) is 2.96. The highest BCUT2D eigenvalue weighted by Crippen LogP contribution is 2.22. The third-order valence-electron chi connectivity index (χ3n) is 1.44. The molecule has 0 unspecified atom stereocenters. The molecule has 0 aliphatic rings. The summed E-state index contributed by atoms with van der Waals surface area (Å²) in [7, 11) is 0. The van der Waals surface area contributed by atoms with E-state index in [4.69, 9.17) is 11.8 Å². The molecule has 12 heavy (non-hydrogen) atoms. The molecule has 0 saturated heterocycles. The van der Waals surface area contributed by atoms with Crippen molar-refractivity contribution < 1.29 is 4.39 Å². The van der Waals surface area contributed by atoms with Crippen LogP contribution in [0.4, 0.5) is 10.1 Å². The highest BCUT2D eigenvalue weighted by Gasteiger charge is 2.07. The van der Waals surface area contributed by atoms with Gasteiger partial charge < -0.3 is 0 Å². The molecule has 0 spiro atoms. The molecule has 0 fully saturated rings. The molecule has 0 heterocycles. The number of hydrogen-bond donors (Lipinski definition) is 0. The van der Waals surface area contributed by atoms with Gasteiger partial charge in [0.15, 0.2) is 0 Å². The molecule has 0 bridgehead atoms. The van der Waals surface area contributed by atoms with Crippen molar-refractivity contribution in [1.29, 1.82) is 5.26 Å². The Balaban J connectivity index is 3.48. The van der Waals surface area contributed by atoms with Crippen LogP contribution in [-0.2, 0) is 0 Å². The van der Waals surface area contributed by atoms with E-state index in [0.717, 1.165) is 5.56 Å². The van der Waals surface area contributed by atoms with E-state index in [1.807, 2.05) is 0 Å². The van der Waals surface area contributed by atoms with Crippen LogP contribution >= 0.6 is 0 Å². The van der Waals surface area contributed by atoms with E-state index in [9.17, 15) is 4.39 Å². The van der Waals surface area contributed by atoms with Crippen molar-refractivity contribution in [2.45, 2.75) is 6.92 Å². The predicted octanol–water partition coefficient (Wildman–Crippen LogP) is 2.56. The molecule has 1 aromatic carbocycles. The maximum atomic E-state index is 13.0. The van der Waals surface area contributed by atoms with Gasteiger partial charge in [0, 0.05) is 0 Å². The molecule has 0 radical (unpaired) electrons. The van der Waals surface area contributed by atoms with Crippen molar-refractivity contribution in [2.75, 3.05) is 0 Å². The Labute approximate surface area is 69.7 Å². The zero-order valence-electron chi connectivity index (χ0n) is 6.43. The van der Waals surface area contributed by atoms with E-state index in [2.05, 4.69) is 4.85 Å². The number of hydrogen-bond acceptors (Lipinski definition) is 1. The van der Waals surface area contributed by atoms with Crippen LogP contribution < -0.4 is 0 Å². The van der Waals surface area contributed by atoms with Gasteiger partial charge in [-0.1, -0.05) is 11.6 Å². The quantitative estimate of drug-likeness (QED) is 0.536. The summed E-state index contributed by atoms with van der Waals surface area (Å²) in [6.45, 7) is 8.35. The van der Waals surface area contributed by atoms with E-state index < -0.39 is 5.82 Å². The first-order chi connectivity index (χ1) is 5.69. The lowest BCUT2D eigenvalue weighted by atomic mass is 10.1. The summed E-state index contributed by atoms with van der Waals surface area (Å²) >= 11 is 0. The molecule has 0 N–H and O–H groups in total. The van der Waals surface area contributed by atoms with Crippen LogP contribution in [0.3, 0.4) is 0 Å². The topological polar surface area (TPSA) is 28.1 Å². The van der Waals surface area contributed by atoms with E-state index in [0.29, 0.717) is 0 Å². The van der Waals surface area contributed by atoms with Crippen LogP contribution in [0.15, 0.2) is 12.1 Å². The van der Waals surface area contributed by atoms with Gasteiger partial charge in [-0.15, -0.1) is 0 Å². The maximum absolute atomic E-state index is 13.0. The van der Waals surface area contributed by atoms with Crippen molar-refractivity contribution in [3.63, 3.8) is 0 Å². The van der Waals surface area contributed by atoms with Gasteiger partial charge in [0.2, 0.25) is 5.69 Å². The zero-order valence-corrected chi connectivity index (χ0v) is 6.43. The minimum Gasteiger partial charge on any atom is -0.235 e. The average molecular weight is 160 g/mol. The van der Waals surface area contributed by atoms with Crippen LogP contribution in [0.25, 0.3) is 4.85 Å². The van der Waals surface area contributed by atoms with Crippen molar-refractivity contribution >= 4 is 5.69 Å². The largest absolute Gasteiger partial charge is 0.235 e. The van der Waals surface area contributed by atoms with Gasteiger partial charge in [0.05, 0.1) is 12.1 Å². The van der Waals surface area contributed by atoms with Crippen molar-refractivity contribution in [2.24, 2.45) is 0 Å². The van der Waals surface area contributed by atoms with Gasteiger partial charge in [-0.3, -0.25) is 0 Å². The summed E-state index contributed by atoms with van der Waals surface area (Å²) in [5, 5.41) is 8.47. The fraction of sp³-hybridized carbons (Fsp3) is 0.111. The minimum absolute atomic E-state index is 0.0685. The normalized spacial score (nSPS) is 8.67. The second-order valence-corrected chi connectivity index (χ2v) is 2.37. The third kappa shape index (κ3) is 1.26. The van der Waals surface area contributed by atoms with Gasteiger partial charge >= 0.3 is 0 Å². The Morgan fingerprint density at radius 1 is 1.58 bits per heavy atom. The first-order valence-corrected chi connectivity index (χ1v) is 3.26. The van der Waals surface area contributed by atoms with Crippen molar-refractivity contribution in [1.82, 2.24) is 0 Å². The molecular weight excluding hydrogens is 155 g/mol. The lowest BCUT2D eigenvalue weighted by Gasteiger charge is -1.97. The van der Waals surface area contributed by atoms with Crippen LogP contribution in [0.1, 0.15) is 11.1 Å². The average Bonchev–Trinajstić information content (AvgIpc) is 2.08. The molecule has 0 amide bonds. The van der Waals surface area contributed by atoms with E-state index in [-0.39, 0.29) is 11.3 Å². The molecule has 1 rings (SSSR count). The van der Waals surface area contributed by atoms with E-state index in [1.165, 1.54) is 12.1 Å². The highest BCUT2D eigenvalue weighted by atomic mass is 19.1. The molecule has 0 aliphatic heterocycles. The van der Waals surface area contributed by atoms with Crippen LogP contribution in [0.2, 0.25) is 0 Å². The molecule has 2 nitrogen and oxygen atoms in total. The van der Waals surface area contributed by atoms with Crippen LogP contribution in [0, 0.1) is 30.6 Å². The Kier molecular flexibility index (Phi) is 2.07. The van der Waals surface area contributed by atoms with E-state index in [1.54, 1.807) is 13.0 Å². The Bertz CT molecular complexity index is 361. The van der Waals surface area contributed by atoms with Gasteiger partial charge in [-0.2, -0.15) is 5.26 Å². The first-order valence-electron chi connectivity index (χ1n) is 3.26. The molecular formula is C9H5FN2. The fourth-order valence-corrected chi connectivity index (χ4v) is 0.912. The van der Waals surface area contributed by atoms with Crippen molar-refractivity contribution in [3.8, 4) is 6.07 Å². The van der Waals surface area contributed by atoms with Gasteiger partial charge in [-0.25, -0.2) is 9.24 Å². The summed E-state index contributed by atoms with van der Waals surface area (Å²) < 4.78 is 13.0. The fourth-order valence-electron chi connectivity index (χ4n) is 0.912. The second-order valence-electron chi connectivity index (χ2n) is 2.37. The summed E-state index contributed by atoms with van der Waals surface area (Å²) in [5.41, 5.74) is 0.562. The Morgan fingerprint density at radius 2 is 2.25 bits per heavy atom. The molecule has 1 aromatic rings. The smallest absolute Gasteiger partial charge is 0.223 e. The summed E-state index contributed by atoms with van der Waals surface area (Å²) in [6, 6.07) is 4.53. The highest BCUT2D eigenvalue weighted by molar-refractivity contribution is 5.54. The molecule has 0 aliphatic carbocycles. The summed E-state index contributed by atoms with van der Waals surface area (Å²) in [5.74, 6) is -0.724. The van der Waals surface area contributed by atoms with Crippen LogP contribution in [-0.4, -0.2) is 0 Å². The Morgan fingerprint density at radius 3 is 2.75 bits per heavy atom. The maximum Gasteiger partial charge on any atom is 0.223 e. The number of nitrogens with zero attached hydrogens (tertiary/aromatic N) is 2. The van der Waals surface area contributed by atoms with Crippen molar-refractivity contribution in [3.05, 3.63) is 40.5 Å². The molecule has 3 heteroatoms. The first kappa shape index (κ1) is 8.23. The van der Waals surface area contributed by atoms with Gasteiger partial charge in [0.1, 0.15) is 11.9 Å². The number of halogens is 1. The number of nitriles is 1. The monoisotopic (exact) mass is 160 g/mol. The number of aryl methyl sites for hydroxylation is 1. The van der Waals surface area contributed by atoms with Crippen LogP contribution in [0.5, 0.6) is 0 Å². The number of rotatable bonds is 0. The number of benzene rings is 1. The molecule has 58 valence electrons. The predicted molar refractivity (Wildman–Crippen MR) is 42.1 cm³/mol. The molecule has 0 atom stereocenters. The third-order valence-corrected chi connectivity index (χ3v) is 1.44. The zero-order chi connectivity index (χ0) is 9.14.